The number of nitrogens with zero attached hydrogens (tertiary/aromatic N) is 1. The van der Waals surface area contributed by atoms with Crippen molar-refractivity contribution in [3.8, 4) is 5.75 Å². The Balaban J connectivity index is 1.67. The Morgan fingerprint density at radius 1 is 1.32 bits per heavy atom. The number of nitrogens with one attached hydrogen (secondary N) is 1. The minimum absolute atomic E-state index is 0.0245. The van der Waals surface area contributed by atoms with E-state index in [1.807, 2.05) is 61.1 Å². The van der Waals surface area contributed by atoms with Crippen molar-refractivity contribution in [2.24, 2.45) is 7.05 Å². The van der Waals surface area contributed by atoms with Crippen molar-refractivity contribution < 1.29 is 14.6 Å². The zero-order valence-corrected chi connectivity index (χ0v) is 13.0. The third kappa shape index (κ3) is 4.63. The van der Waals surface area contributed by atoms with Crippen molar-refractivity contribution >= 4 is 5.91 Å². The van der Waals surface area contributed by atoms with Crippen LogP contribution in [-0.4, -0.2) is 28.7 Å². The summed E-state index contributed by atoms with van der Waals surface area (Å²) in [5, 5.41) is 12.8. The first-order valence-corrected chi connectivity index (χ1v) is 7.31. The van der Waals surface area contributed by atoms with Crippen LogP contribution < -0.4 is 10.1 Å². The lowest BCUT2D eigenvalue weighted by Crippen LogP contribution is -2.30. The molecule has 0 aliphatic heterocycles. The Hall–Kier alpha value is -2.27. The maximum Gasteiger partial charge on any atom is 0.257 e. The van der Waals surface area contributed by atoms with Gasteiger partial charge in [0.05, 0.1) is 6.10 Å². The molecule has 0 saturated carbocycles. The molecule has 1 amide bonds. The zero-order chi connectivity index (χ0) is 15.9. The van der Waals surface area contributed by atoms with Gasteiger partial charge in [-0.1, -0.05) is 17.7 Å². The van der Waals surface area contributed by atoms with Gasteiger partial charge in [-0.3, -0.25) is 4.79 Å². The van der Waals surface area contributed by atoms with Gasteiger partial charge in [-0.15, -0.1) is 0 Å². The molecule has 2 rings (SSSR count). The van der Waals surface area contributed by atoms with Crippen molar-refractivity contribution in [2.45, 2.75) is 19.4 Å². The lowest BCUT2D eigenvalue weighted by molar-refractivity contribution is -0.123. The Kier molecular flexibility index (Phi) is 5.61. The van der Waals surface area contributed by atoms with Gasteiger partial charge in [-0.05, 0) is 37.6 Å². The van der Waals surface area contributed by atoms with Gasteiger partial charge in [0.2, 0.25) is 0 Å². The number of aliphatic hydroxyl groups excluding tert-OH is 1. The molecule has 1 aromatic heterocycles. The second-order valence-electron chi connectivity index (χ2n) is 5.30. The molecule has 1 unspecified atom stereocenters. The van der Waals surface area contributed by atoms with Crippen LogP contribution in [0.3, 0.4) is 0 Å². The molecule has 5 nitrogen and oxygen atoms in total. The number of ether oxygens (including phenoxy) is 1. The van der Waals surface area contributed by atoms with Crippen LogP contribution in [0.25, 0.3) is 0 Å². The lowest BCUT2D eigenvalue weighted by Gasteiger charge is -2.13. The maximum absolute atomic E-state index is 11.7. The van der Waals surface area contributed by atoms with Crippen molar-refractivity contribution in [1.29, 1.82) is 0 Å². The number of aromatic nitrogens is 1. The topological polar surface area (TPSA) is 63.5 Å². The van der Waals surface area contributed by atoms with E-state index in [2.05, 4.69) is 5.32 Å². The average molecular weight is 302 g/mol. The first-order valence-electron chi connectivity index (χ1n) is 7.31. The van der Waals surface area contributed by atoms with Crippen LogP contribution in [0.2, 0.25) is 0 Å². The number of rotatable bonds is 7. The summed E-state index contributed by atoms with van der Waals surface area (Å²) in [6.07, 6.45) is 1.76. The van der Waals surface area contributed by atoms with Gasteiger partial charge in [0, 0.05) is 25.5 Å². The summed E-state index contributed by atoms with van der Waals surface area (Å²) >= 11 is 0. The summed E-state index contributed by atoms with van der Waals surface area (Å²) in [7, 11) is 1.88. The van der Waals surface area contributed by atoms with Crippen LogP contribution in [0.5, 0.6) is 5.75 Å². The minimum Gasteiger partial charge on any atom is -0.484 e. The van der Waals surface area contributed by atoms with Gasteiger partial charge in [0.15, 0.2) is 6.61 Å². The molecule has 0 spiro atoms. The van der Waals surface area contributed by atoms with Crippen LogP contribution in [0.15, 0.2) is 42.6 Å². The Morgan fingerprint density at radius 3 is 2.68 bits per heavy atom. The fourth-order valence-corrected chi connectivity index (χ4v) is 2.15. The number of hydrogen-bond acceptors (Lipinski definition) is 3. The first-order chi connectivity index (χ1) is 10.6. The van der Waals surface area contributed by atoms with E-state index >= 15 is 0 Å². The summed E-state index contributed by atoms with van der Waals surface area (Å²) in [6, 6.07) is 11.3. The van der Waals surface area contributed by atoms with Gasteiger partial charge < -0.3 is 19.7 Å². The van der Waals surface area contributed by atoms with Crippen LogP contribution >= 0.6 is 0 Å². The predicted octanol–water partition coefficient (Wildman–Crippen LogP) is 1.95. The molecular weight excluding hydrogens is 280 g/mol. The second-order valence-corrected chi connectivity index (χ2v) is 5.30. The van der Waals surface area contributed by atoms with Gasteiger partial charge in [-0.25, -0.2) is 0 Å². The molecule has 2 N–H and O–H groups in total. The van der Waals surface area contributed by atoms with Crippen molar-refractivity contribution in [3.05, 3.63) is 53.9 Å². The van der Waals surface area contributed by atoms with E-state index in [1.54, 1.807) is 0 Å². The summed E-state index contributed by atoms with van der Waals surface area (Å²) in [4.78, 5) is 11.7. The number of aliphatic hydroxyl groups is 1. The summed E-state index contributed by atoms with van der Waals surface area (Å²) in [6.45, 7) is 2.38. The minimum atomic E-state index is -0.585. The number of carbonyl (C=O) groups excluding carboxylic acids is 1. The molecule has 2 aromatic rings. The van der Waals surface area contributed by atoms with Crippen LogP contribution in [0, 0.1) is 6.92 Å². The number of benzene rings is 1. The average Bonchev–Trinajstić information content (AvgIpc) is 2.93. The van der Waals surface area contributed by atoms with Crippen LogP contribution in [-0.2, 0) is 11.8 Å². The molecule has 1 aromatic carbocycles. The molecule has 0 bridgehead atoms. The molecule has 0 radical (unpaired) electrons. The highest BCUT2D eigenvalue weighted by Gasteiger charge is 2.11. The number of hydrogen-bond donors (Lipinski definition) is 2. The van der Waals surface area contributed by atoms with E-state index in [0.717, 1.165) is 11.3 Å². The number of aryl methyl sites for hydroxylation is 2. The van der Waals surface area contributed by atoms with E-state index in [1.165, 1.54) is 0 Å². The normalized spacial score (nSPS) is 12.0. The Labute approximate surface area is 130 Å². The highest BCUT2D eigenvalue weighted by atomic mass is 16.5. The third-order valence-corrected chi connectivity index (χ3v) is 3.46. The zero-order valence-electron chi connectivity index (χ0n) is 13.0. The van der Waals surface area contributed by atoms with E-state index in [-0.39, 0.29) is 12.5 Å². The largest absolute Gasteiger partial charge is 0.484 e. The number of amides is 1. The molecule has 0 saturated heterocycles. The molecule has 1 heterocycles. The fraction of sp³-hybridized carbons (Fsp3) is 0.353. The van der Waals surface area contributed by atoms with E-state index in [0.29, 0.717) is 18.7 Å². The highest BCUT2D eigenvalue weighted by molar-refractivity contribution is 5.77. The third-order valence-electron chi connectivity index (χ3n) is 3.46. The van der Waals surface area contributed by atoms with E-state index in [4.69, 9.17) is 4.74 Å². The highest BCUT2D eigenvalue weighted by Crippen LogP contribution is 2.15. The molecule has 1 atom stereocenters. The predicted molar refractivity (Wildman–Crippen MR) is 84.7 cm³/mol. The summed E-state index contributed by atoms with van der Waals surface area (Å²) < 4.78 is 7.26. The standard InChI is InChI=1S/C17H22N2O3/c1-13-5-7-14(8-6-13)22-12-17(21)18-10-9-16(20)15-4-3-11-19(15)2/h3-8,11,16,20H,9-10,12H2,1-2H3,(H,18,21). The van der Waals surface area contributed by atoms with Gasteiger partial charge in [0.1, 0.15) is 5.75 Å². The van der Waals surface area contributed by atoms with Crippen molar-refractivity contribution in [2.75, 3.05) is 13.2 Å². The number of carbonyl (C=O) groups is 1. The molecular formula is C17H22N2O3. The molecule has 0 fully saturated rings. The smallest absolute Gasteiger partial charge is 0.257 e. The van der Waals surface area contributed by atoms with Crippen LogP contribution in [0.1, 0.15) is 23.8 Å². The maximum atomic E-state index is 11.7. The second kappa shape index (κ2) is 7.66. The van der Waals surface area contributed by atoms with E-state index in [9.17, 15) is 9.90 Å². The monoisotopic (exact) mass is 302 g/mol. The van der Waals surface area contributed by atoms with Gasteiger partial charge >= 0.3 is 0 Å². The van der Waals surface area contributed by atoms with Gasteiger partial charge in [-0.2, -0.15) is 0 Å². The molecule has 118 valence electrons. The van der Waals surface area contributed by atoms with Gasteiger partial charge in [0.25, 0.3) is 5.91 Å². The van der Waals surface area contributed by atoms with Crippen molar-refractivity contribution in [3.63, 3.8) is 0 Å². The lowest BCUT2D eigenvalue weighted by atomic mass is 10.2. The molecule has 0 aliphatic carbocycles. The SMILES string of the molecule is Cc1ccc(OCC(=O)NCCC(O)c2cccn2C)cc1. The summed E-state index contributed by atoms with van der Waals surface area (Å²) in [5.74, 6) is 0.476. The van der Waals surface area contributed by atoms with Crippen LogP contribution in [0.4, 0.5) is 0 Å². The Bertz CT molecular complexity index is 605. The van der Waals surface area contributed by atoms with E-state index < -0.39 is 6.10 Å². The first kappa shape index (κ1) is 16.1. The summed E-state index contributed by atoms with van der Waals surface area (Å²) in [5.41, 5.74) is 1.98. The molecule has 22 heavy (non-hydrogen) atoms. The molecule has 0 aliphatic rings. The van der Waals surface area contributed by atoms with Crippen molar-refractivity contribution in [1.82, 2.24) is 9.88 Å². The molecule has 5 heteroatoms. The quantitative estimate of drug-likeness (QED) is 0.822. The fourth-order valence-electron chi connectivity index (χ4n) is 2.15. The Morgan fingerprint density at radius 2 is 2.05 bits per heavy atom.